The van der Waals surface area contributed by atoms with Gasteiger partial charge >= 0.3 is 0 Å². The van der Waals surface area contributed by atoms with E-state index < -0.39 is 11.6 Å². The lowest BCUT2D eigenvalue weighted by molar-refractivity contribution is -0.116. The molecule has 0 saturated carbocycles. The average Bonchev–Trinajstić information content (AvgIpc) is 3.42. The van der Waals surface area contributed by atoms with Gasteiger partial charge in [-0.15, -0.1) is 10.2 Å². The second-order valence-electron chi connectivity index (χ2n) is 6.78. The molecule has 158 valence electrons. The van der Waals surface area contributed by atoms with E-state index in [4.69, 9.17) is 4.42 Å². The topological polar surface area (TPSA) is 85.8 Å². The number of nitrogens with zero attached hydrogens (tertiary/aromatic N) is 4. The highest BCUT2D eigenvalue weighted by Gasteiger charge is 2.16. The van der Waals surface area contributed by atoms with Gasteiger partial charge in [-0.1, -0.05) is 18.2 Å². The quantitative estimate of drug-likeness (QED) is 0.474. The van der Waals surface area contributed by atoms with Crippen LogP contribution in [0.25, 0.3) is 22.7 Å². The second kappa shape index (κ2) is 8.86. The normalized spacial score (nSPS) is 10.9. The van der Waals surface area contributed by atoms with Crippen LogP contribution in [0.3, 0.4) is 0 Å². The second-order valence-corrected chi connectivity index (χ2v) is 6.78. The van der Waals surface area contributed by atoms with Gasteiger partial charge in [0.25, 0.3) is 0 Å². The summed E-state index contributed by atoms with van der Waals surface area (Å²) >= 11 is 0. The fraction of sp³-hybridized carbons (Fsp3) is 0.182. The summed E-state index contributed by atoms with van der Waals surface area (Å²) in [5.74, 6) is -0.799. The number of carbonyl (C=O) groups excluding carboxylic acids is 1. The maximum atomic E-state index is 13.9. The molecule has 4 aromatic rings. The minimum Gasteiger partial charge on any atom is -0.441 e. The Labute approximate surface area is 176 Å². The summed E-state index contributed by atoms with van der Waals surface area (Å²) in [5.41, 5.74) is 1.18. The smallest absolute Gasteiger partial charge is 0.224 e. The molecule has 1 N–H and O–H groups in total. The van der Waals surface area contributed by atoms with Crippen LogP contribution in [0.4, 0.5) is 14.5 Å². The van der Waals surface area contributed by atoms with E-state index in [1.54, 1.807) is 12.4 Å². The Morgan fingerprint density at radius 2 is 1.94 bits per heavy atom. The lowest BCUT2D eigenvalue weighted by Gasteiger charge is -2.07. The maximum absolute atomic E-state index is 13.9. The van der Waals surface area contributed by atoms with Crippen molar-refractivity contribution in [1.82, 2.24) is 19.7 Å². The Morgan fingerprint density at radius 1 is 1.16 bits per heavy atom. The van der Waals surface area contributed by atoms with Gasteiger partial charge in [-0.3, -0.25) is 4.79 Å². The van der Waals surface area contributed by atoms with Gasteiger partial charge in [0, 0.05) is 30.6 Å². The third-order valence-electron chi connectivity index (χ3n) is 4.69. The molecule has 2 aromatic heterocycles. The molecule has 0 aliphatic carbocycles. The molecule has 0 bridgehead atoms. The van der Waals surface area contributed by atoms with Crippen molar-refractivity contribution in [3.8, 4) is 22.7 Å². The maximum Gasteiger partial charge on any atom is 0.224 e. The molecule has 0 unspecified atom stereocenters. The number of aromatic nitrogens is 4. The largest absolute Gasteiger partial charge is 0.441 e. The first-order chi connectivity index (χ1) is 15.0. The van der Waals surface area contributed by atoms with E-state index in [-0.39, 0.29) is 36.0 Å². The molecule has 4 rings (SSSR count). The lowest BCUT2D eigenvalue weighted by Crippen LogP contribution is -2.12. The van der Waals surface area contributed by atoms with E-state index in [2.05, 4.69) is 20.5 Å². The number of anilines is 1. The Morgan fingerprint density at radius 3 is 2.71 bits per heavy atom. The number of carbonyl (C=O) groups is 1. The molecule has 2 heterocycles. The predicted octanol–water partition coefficient (Wildman–Crippen LogP) is 4.47. The standard InChI is InChI=1S/C22H19F2N5O2/c1-2-29-13-26-28-22(29)14-5-3-6-15(11-14)27-19(30)9-10-20-25-12-18(31-20)21-16(23)7-4-8-17(21)24/h3-8,11-13H,2,9-10H2,1H3,(H,27,30). The molecule has 0 saturated heterocycles. The molecule has 2 aromatic carbocycles. The van der Waals surface area contributed by atoms with Crippen LogP contribution < -0.4 is 5.32 Å². The van der Waals surface area contributed by atoms with Crippen molar-refractivity contribution < 1.29 is 18.0 Å². The summed E-state index contributed by atoms with van der Waals surface area (Å²) in [6.45, 7) is 2.72. The van der Waals surface area contributed by atoms with Gasteiger partial charge in [0.15, 0.2) is 17.5 Å². The van der Waals surface area contributed by atoms with E-state index in [1.165, 1.54) is 12.3 Å². The van der Waals surface area contributed by atoms with Crippen molar-refractivity contribution in [2.45, 2.75) is 26.3 Å². The van der Waals surface area contributed by atoms with Crippen molar-refractivity contribution in [2.75, 3.05) is 5.32 Å². The SMILES string of the molecule is CCn1cnnc1-c1cccc(NC(=O)CCc2ncc(-c3c(F)cccc3F)o2)c1. The van der Waals surface area contributed by atoms with E-state index >= 15 is 0 Å². The molecule has 7 nitrogen and oxygen atoms in total. The monoisotopic (exact) mass is 423 g/mol. The predicted molar refractivity (Wildman–Crippen MR) is 110 cm³/mol. The fourth-order valence-corrected chi connectivity index (χ4v) is 3.16. The average molecular weight is 423 g/mol. The molecule has 0 aliphatic rings. The zero-order valence-corrected chi connectivity index (χ0v) is 16.7. The molecule has 31 heavy (non-hydrogen) atoms. The number of nitrogens with one attached hydrogen (secondary N) is 1. The Kier molecular flexibility index (Phi) is 5.83. The van der Waals surface area contributed by atoms with Gasteiger partial charge in [0.2, 0.25) is 5.91 Å². The summed E-state index contributed by atoms with van der Waals surface area (Å²) < 4.78 is 35.1. The van der Waals surface area contributed by atoms with Crippen molar-refractivity contribution in [2.24, 2.45) is 0 Å². The Balaban J connectivity index is 1.39. The third-order valence-corrected chi connectivity index (χ3v) is 4.69. The number of hydrogen-bond acceptors (Lipinski definition) is 5. The molecule has 0 spiro atoms. The van der Waals surface area contributed by atoms with Crippen molar-refractivity contribution in [3.05, 3.63) is 72.5 Å². The van der Waals surface area contributed by atoms with Crippen molar-refractivity contribution in [1.29, 1.82) is 0 Å². The highest BCUT2D eigenvalue weighted by atomic mass is 19.1. The van der Waals surface area contributed by atoms with E-state index in [9.17, 15) is 13.6 Å². The Hall–Kier alpha value is -3.88. The first-order valence-electron chi connectivity index (χ1n) is 9.72. The van der Waals surface area contributed by atoms with Gasteiger partial charge in [0.05, 0.1) is 11.8 Å². The summed E-state index contributed by atoms with van der Waals surface area (Å²) in [7, 11) is 0. The highest BCUT2D eigenvalue weighted by molar-refractivity contribution is 5.91. The van der Waals surface area contributed by atoms with Crippen molar-refractivity contribution >= 4 is 11.6 Å². The first kappa shape index (κ1) is 20.4. The highest BCUT2D eigenvalue weighted by Crippen LogP contribution is 2.27. The van der Waals surface area contributed by atoms with Crippen LogP contribution in [-0.2, 0) is 17.8 Å². The molecule has 0 radical (unpaired) electrons. The lowest BCUT2D eigenvalue weighted by atomic mass is 10.1. The molecule has 0 aliphatic heterocycles. The Bertz CT molecular complexity index is 1200. The van der Waals surface area contributed by atoms with E-state index in [0.717, 1.165) is 24.2 Å². The summed E-state index contributed by atoms with van der Waals surface area (Å²) in [6, 6.07) is 10.9. The van der Waals surface area contributed by atoms with Gasteiger partial charge < -0.3 is 14.3 Å². The van der Waals surface area contributed by atoms with Crippen LogP contribution in [0.15, 0.2) is 59.4 Å². The zero-order chi connectivity index (χ0) is 21.8. The van der Waals surface area contributed by atoms with E-state index in [0.29, 0.717) is 11.5 Å². The molecule has 0 fully saturated rings. The molecular weight excluding hydrogens is 404 g/mol. The third kappa shape index (κ3) is 4.50. The fourth-order valence-electron chi connectivity index (χ4n) is 3.16. The number of amides is 1. The number of oxazole rings is 1. The molecule has 0 atom stereocenters. The van der Waals surface area contributed by atoms with Gasteiger partial charge in [-0.2, -0.15) is 0 Å². The molecule has 9 heteroatoms. The van der Waals surface area contributed by atoms with E-state index in [1.807, 2.05) is 29.7 Å². The number of hydrogen-bond donors (Lipinski definition) is 1. The number of benzene rings is 2. The first-order valence-corrected chi connectivity index (χ1v) is 9.72. The summed E-state index contributed by atoms with van der Waals surface area (Å²) in [4.78, 5) is 16.4. The van der Waals surface area contributed by atoms with Crippen molar-refractivity contribution in [3.63, 3.8) is 0 Å². The number of halogens is 2. The number of rotatable bonds is 7. The molecule has 1 amide bonds. The minimum atomic E-state index is -0.737. The van der Waals surface area contributed by atoms with Gasteiger partial charge in [-0.05, 0) is 31.2 Å². The van der Waals surface area contributed by atoms with Crippen LogP contribution in [0.1, 0.15) is 19.2 Å². The van der Waals surface area contributed by atoms with Crippen LogP contribution in [-0.4, -0.2) is 25.7 Å². The van der Waals surface area contributed by atoms with Gasteiger partial charge in [0.1, 0.15) is 18.0 Å². The van der Waals surface area contributed by atoms with Crippen LogP contribution in [0.5, 0.6) is 0 Å². The number of aryl methyl sites for hydroxylation is 2. The minimum absolute atomic E-state index is 0.0151. The van der Waals surface area contributed by atoms with Gasteiger partial charge in [-0.25, -0.2) is 13.8 Å². The van der Waals surface area contributed by atoms with Crippen LogP contribution in [0, 0.1) is 11.6 Å². The zero-order valence-electron chi connectivity index (χ0n) is 16.7. The summed E-state index contributed by atoms with van der Waals surface area (Å²) in [5, 5.41) is 10.9. The summed E-state index contributed by atoms with van der Waals surface area (Å²) in [6.07, 6.45) is 3.18. The van der Waals surface area contributed by atoms with Crippen LogP contribution in [0.2, 0.25) is 0 Å². The van der Waals surface area contributed by atoms with Crippen LogP contribution >= 0.6 is 0 Å². The molecular formula is C22H19F2N5O2.